The second-order valence-corrected chi connectivity index (χ2v) is 4.08. The van der Waals surface area contributed by atoms with Crippen LogP contribution in [0.4, 0.5) is 0 Å². The predicted octanol–water partition coefficient (Wildman–Crippen LogP) is 2.08. The van der Waals surface area contributed by atoms with E-state index in [0.29, 0.717) is 11.3 Å². The number of rotatable bonds is 4. The molecule has 0 fully saturated rings. The summed E-state index contributed by atoms with van der Waals surface area (Å²) in [5, 5.41) is 8.91. The highest BCUT2D eigenvalue weighted by molar-refractivity contribution is 5.73. The lowest BCUT2D eigenvalue weighted by molar-refractivity contribution is -0.139. The zero-order chi connectivity index (χ0) is 12.9. The summed E-state index contributed by atoms with van der Waals surface area (Å²) >= 11 is 0. The summed E-state index contributed by atoms with van der Waals surface area (Å²) in [7, 11) is 1.34. The van der Waals surface area contributed by atoms with Crippen molar-refractivity contribution in [1.82, 2.24) is 0 Å². The van der Waals surface area contributed by atoms with Crippen LogP contribution in [0.15, 0.2) is 24.3 Å². The Balaban J connectivity index is 2.93. The molecule has 4 nitrogen and oxygen atoms in total. The minimum absolute atomic E-state index is 0.133. The van der Waals surface area contributed by atoms with Crippen molar-refractivity contribution in [3.8, 4) is 11.8 Å². The molecule has 0 aliphatic rings. The van der Waals surface area contributed by atoms with Crippen molar-refractivity contribution in [3.63, 3.8) is 0 Å². The van der Waals surface area contributed by atoms with Crippen LogP contribution in [0.3, 0.4) is 0 Å². The normalized spacial score (nSPS) is 10.5. The van der Waals surface area contributed by atoms with Crippen molar-refractivity contribution in [3.05, 3.63) is 29.8 Å². The summed E-state index contributed by atoms with van der Waals surface area (Å²) in [6.45, 7) is 3.34. The van der Waals surface area contributed by atoms with E-state index in [2.05, 4.69) is 4.74 Å². The van der Waals surface area contributed by atoms with Gasteiger partial charge in [-0.25, -0.2) is 0 Å². The van der Waals surface area contributed by atoms with Gasteiger partial charge in [-0.15, -0.1) is 0 Å². The fraction of sp³-hybridized carbons (Fsp3) is 0.385. The summed E-state index contributed by atoms with van der Waals surface area (Å²) < 4.78 is 10.2. The molecule has 0 N–H and O–H groups in total. The summed E-state index contributed by atoms with van der Waals surface area (Å²) in [5.41, 5.74) is -0.214. The number of benzene rings is 1. The van der Waals surface area contributed by atoms with Gasteiger partial charge in [-0.2, -0.15) is 5.26 Å². The summed E-state index contributed by atoms with van der Waals surface area (Å²) in [6, 6.07) is 9.16. The highest BCUT2D eigenvalue weighted by atomic mass is 16.5. The van der Waals surface area contributed by atoms with Crippen molar-refractivity contribution in [2.45, 2.75) is 25.9 Å². The molecule has 0 aliphatic heterocycles. The Hall–Kier alpha value is -2.02. The fourth-order valence-electron chi connectivity index (χ4n) is 1.27. The van der Waals surface area contributed by atoms with Crippen molar-refractivity contribution >= 4 is 5.97 Å². The molecule has 0 bridgehead atoms. The van der Waals surface area contributed by atoms with Crippen LogP contribution >= 0.6 is 0 Å². The quantitative estimate of drug-likeness (QED) is 0.747. The number of hydrogen-bond donors (Lipinski definition) is 0. The first kappa shape index (κ1) is 13.0. The first-order chi connectivity index (χ1) is 7.98. The van der Waals surface area contributed by atoms with Crippen LogP contribution in [0.1, 0.15) is 19.4 Å². The number of hydrogen-bond acceptors (Lipinski definition) is 4. The molecule has 17 heavy (non-hydrogen) atoms. The number of para-hydroxylation sites is 1. The lowest BCUT2D eigenvalue weighted by atomic mass is 10.1. The average Bonchev–Trinajstić information content (AvgIpc) is 2.31. The zero-order valence-electron chi connectivity index (χ0n) is 10.2. The molecule has 1 aromatic carbocycles. The number of methoxy groups -OCH3 is 1. The van der Waals surface area contributed by atoms with Crippen molar-refractivity contribution < 1.29 is 14.3 Å². The van der Waals surface area contributed by atoms with Crippen LogP contribution < -0.4 is 4.74 Å². The first-order valence-corrected chi connectivity index (χ1v) is 5.23. The number of esters is 1. The van der Waals surface area contributed by atoms with Gasteiger partial charge in [0.1, 0.15) is 11.8 Å². The second-order valence-electron chi connectivity index (χ2n) is 4.08. The Kier molecular flexibility index (Phi) is 4.11. The molecule has 0 spiro atoms. The Morgan fingerprint density at radius 3 is 2.65 bits per heavy atom. The van der Waals surface area contributed by atoms with Gasteiger partial charge in [-0.3, -0.25) is 4.79 Å². The molecule has 0 atom stereocenters. The van der Waals surface area contributed by atoms with Gasteiger partial charge < -0.3 is 9.47 Å². The third kappa shape index (κ3) is 3.80. The highest BCUT2D eigenvalue weighted by Gasteiger charge is 2.20. The second kappa shape index (κ2) is 5.35. The van der Waals surface area contributed by atoms with Crippen LogP contribution in [0.5, 0.6) is 5.75 Å². The van der Waals surface area contributed by atoms with Crippen LogP contribution in [-0.4, -0.2) is 18.7 Å². The van der Waals surface area contributed by atoms with E-state index in [0.717, 1.165) is 0 Å². The molecule has 0 aliphatic carbocycles. The van der Waals surface area contributed by atoms with Gasteiger partial charge >= 0.3 is 5.97 Å². The SMILES string of the molecule is COC(=O)Cc1ccccc1OC(C)(C)C#N. The minimum atomic E-state index is -0.924. The number of nitrogens with zero attached hydrogens (tertiary/aromatic N) is 1. The average molecular weight is 233 g/mol. The molecule has 0 radical (unpaired) electrons. The number of carbonyl (C=O) groups excluding carboxylic acids is 1. The molecule has 0 aromatic heterocycles. The molecular formula is C13H15NO3. The fourth-order valence-corrected chi connectivity index (χ4v) is 1.27. The number of carbonyl (C=O) groups is 1. The van der Waals surface area contributed by atoms with E-state index in [1.54, 1.807) is 32.0 Å². The Morgan fingerprint density at radius 1 is 1.41 bits per heavy atom. The van der Waals surface area contributed by atoms with Gasteiger partial charge in [-0.1, -0.05) is 18.2 Å². The Labute approximate surface area is 101 Å². The standard InChI is InChI=1S/C13H15NO3/c1-13(2,9-14)17-11-7-5-4-6-10(11)8-12(15)16-3/h4-7H,8H2,1-3H3. The molecular weight excluding hydrogens is 218 g/mol. The number of nitriles is 1. The van der Waals surface area contributed by atoms with E-state index in [1.165, 1.54) is 7.11 Å². The maximum absolute atomic E-state index is 11.2. The maximum Gasteiger partial charge on any atom is 0.310 e. The first-order valence-electron chi connectivity index (χ1n) is 5.23. The van der Waals surface area contributed by atoms with E-state index < -0.39 is 5.60 Å². The Morgan fingerprint density at radius 2 is 2.06 bits per heavy atom. The van der Waals surface area contributed by atoms with Crippen LogP contribution in [-0.2, 0) is 16.0 Å². The molecule has 1 rings (SSSR count). The highest BCUT2D eigenvalue weighted by Crippen LogP contribution is 2.23. The van der Waals surface area contributed by atoms with E-state index in [4.69, 9.17) is 10.00 Å². The third-order valence-electron chi connectivity index (χ3n) is 2.17. The largest absolute Gasteiger partial charge is 0.473 e. The zero-order valence-corrected chi connectivity index (χ0v) is 10.2. The van der Waals surface area contributed by atoms with Crippen molar-refractivity contribution in [1.29, 1.82) is 5.26 Å². The maximum atomic E-state index is 11.2. The lowest BCUT2D eigenvalue weighted by Crippen LogP contribution is -2.26. The van der Waals surface area contributed by atoms with Gasteiger partial charge in [-0.05, 0) is 19.9 Å². The van der Waals surface area contributed by atoms with Crippen LogP contribution in [0, 0.1) is 11.3 Å². The molecule has 90 valence electrons. The number of ether oxygens (including phenoxy) is 2. The molecule has 4 heteroatoms. The minimum Gasteiger partial charge on any atom is -0.473 e. The van der Waals surface area contributed by atoms with Gasteiger partial charge in [0, 0.05) is 5.56 Å². The molecule has 0 saturated heterocycles. The van der Waals surface area contributed by atoms with Gasteiger partial charge in [0.25, 0.3) is 0 Å². The summed E-state index contributed by atoms with van der Waals surface area (Å²) in [5.74, 6) is 0.195. The predicted molar refractivity (Wildman–Crippen MR) is 62.5 cm³/mol. The van der Waals surface area contributed by atoms with E-state index >= 15 is 0 Å². The smallest absolute Gasteiger partial charge is 0.310 e. The van der Waals surface area contributed by atoms with Gasteiger partial charge in [0.2, 0.25) is 0 Å². The summed E-state index contributed by atoms with van der Waals surface area (Å²) in [6.07, 6.45) is 0.133. The molecule has 1 aromatic rings. The van der Waals surface area contributed by atoms with Crippen LogP contribution in [0.2, 0.25) is 0 Å². The lowest BCUT2D eigenvalue weighted by Gasteiger charge is -2.20. The monoisotopic (exact) mass is 233 g/mol. The summed E-state index contributed by atoms with van der Waals surface area (Å²) in [4.78, 5) is 11.2. The van der Waals surface area contributed by atoms with E-state index in [-0.39, 0.29) is 12.4 Å². The van der Waals surface area contributed by atoms with Gasteiger partial charge in [0.15, 0.2) is 5.60 Å². The Bertz CT molecular complexity index is 446. The van der Waals surface area contributed by atoms with Crippen molar-refractivity contribution in [2.75, 3.05) is 7.11 Å². The molecule has 0 unspecified atom stereocenters. The topological polar surface area (TPSA) is 59.3 Å². The van der Waals surface area contributed by atoms with E-state index in [1.807, 2.05) is 12.1 Å². The molecule has 0 heterocycles. The molecule has 0 saturated carbocycles. The van der Waals surface area contributed by atoms with Crippen molar-refractivity contribution in [2.24, 2.45) is 0 Å². The van der Waals surface area contributed by atoms with Gasteiger partial charge in [0.05, 0.1) is 13.5 Å². The van der Waals surface area contributed by atoms with E-state index in [9.17, 15) is 4.79 Å². The van der Waals surface area contributed by atoms with Crippen LogP contribution in [0.25, 0.3) is 0 Å². The molecule has 0 amide bonds. The third-order valence-corrected chi connectivity index (χ3v) is 2.17.